The van der Waals surface area contributed by atoms with E-state index in [2.05, 4.69) is 5.32 Å². The number of carboxylic acids is 1. The quantitative estimate of drug-likeness (QED) is 0.776. The molecular formula is C13H21NO4. The van der Waals surface area contributed by atoms with Crippen molar-refractivity contribution in [2.75, 3.05) is 0 Å². The molecule has 0 spiro atoms. The van der Waals surface area contributed by atoms with Crippen LogP contribution in [0.1, 0.15) is 46.0 Å². The van der Waals surface area contributed by atoms with E-state index < -0.39 is 11.5 Å². The summed E-state index contributed by atoms with van der Waals surface area (Å²) in [6.45, 7) is 3.48. The van der Waals surface area contributed by atoms with Gasteiger partial charge in [-0.15, -0.1) is 0 Å². The lowest BCUT2D eigenvalue weighted by molar-refractivity contribution is -0.148. The van der Waals surface area contributed by atoms with Crippen LogP contribution in [-0.2, 0) is 14.3 Å². The fraction of sp³-hybridized carbons (Fsp3) is 0.846. The van der Waals surface area contributed by atoms with E-state index in [-0.39, 0.29) is 24.0 Å². The van der Waals surface area contributed by atoms with Crippen molar-refractivity contribution in [2.45, 2.75) is 63.7 Å². The number of aliphatic carboxylic acids is 1. The molecule has 2 bridgehead atoms. The van der Waals surface area contributed by atoms with Crippen molar-refractivity contribution in [1.82, 2.24) is 5.32 Å². The molecule has 0 saturated carbocycles. The SMILES string of the molecule is CCCC(C)(NC(=O)C1CC2CCC1O2)C(=O)O. The molecule has 0 aromatic carbocycles. The van der Waals surface area contributed by atoms with Gasteiger partial charge in [0.2, 0.25) is 5.91 Å². The molecule has 2 rings (SSSR count). The van der Waals surface area contributed by atoms with E-state index in [1.54, 1.807) is 6.92 Å². The molecule has 2 heterocycles. The molecule has 18 heavy (non-hydrogen) atoms. The number of hydrogen-bond donors (Lipinski definition) is 2. The molecule has 0 aliphatic carbocycles. The number of fused-ring (bicyclic) bond motifs is 2. The van der Waals surface area contributed by atoms with E-state index in [1.165, 1.54) is 0 Å². The summed E-state index contributed by atoms with van der Waals surface area (Å²) in [6, 6.07) is 0. The van der Waals surface area contributed by atoms with Crippen LogP contribution in [0.3, 0.4) is 0 Å². The highest BCUT2D eigenvalue weighted by Crippen LogP contribution is 2.39. The second-order valence-corrected chi connectivity index (χ2v) is 5.59. The number of ether oxygens (including phenoxy) is 1. The molecule has 4 unspecified atom stereocenters. The van der Waals surface area contributed by atoms with Crippen molar-refractivity contribution in [3.05, 3.63) is 0 Å². The fourth-order valence-corrected chi connectivity index (χ4v) is 3.00. The summed E-state index contributed by atoms with van der Waals surface area (Å²) in [5.41, 5.74) is -1.16. The third-order valence-corrected chi connectivity index (χ3v) is 4.06. The van der Waals surface area contributed by atoms with Gasteiger partial charge in [-0.2, -0.15) is 0 Å². The summed E-state index contributed by atoms with van der Waals surface area (Å²) in [6.07, 6.45) is 4.03. The Morgan fingerprint density at radius 1 is 1.44 bits per heavy atom. The van der Waals surface area contributed by atoms with E-state index in [4.69, 9.17) is 4.74 Å². The lowest BCUT2D eigenvalue weighted by Crippen LogP contribution is -2.54. The largest absolute Gasteiger partial charge is 0.480 e. The summed E-state index contributed by atoms with van der Waals surface area (Å²) in [5.74, 6) is -1.30. The van der Waals surface area contributed by atoms with E-state index in [9.17, 15) is 14.7 Å². The zero-order chi connectivity index (χ0) is 13.3. The second kappa shape index (κ2) is 4.88. The minimum absolute atomic E-state index is 0.00493. The standard InChI is InChI=1S/C13H21NO4/c1-3-6-13(2,12(16)17)14-11(15)9-7-8-4-5-10(9)18-8/h8-10H,3-7H2,1-2H3,(H,14,15)(H,16,17). The van der Waals surface area contributed by atoms with Gasteiger partial charge in [-0.05, 0) is 32.6 Å². The Hall–Kier alpha value is -1.10. The molecule has 0 aromatic heterocycles. The minimum Gasteiger partial charge on any atom is -0.480 e. The maximum absolute atomic E-state index is 12.2. The van der Waals surface area contributed by atoms with Crippen LogP contribution >= 0.6 is 0 Å². The molecular weight excluding hydrogens is 234 g/mol. The van der Waals surface area contributed by atoms with Gasteiger partial charge < -0.3 is 15.2 Å². The summed E-state index contributed by atoms with van der Waals surface area (Å²) in [5, 5.41) is 11.9. The highest BCUT2D eigenvalue weighted by atomic mass is 16.5. The Morgan fingerprint density at radius 3 is 2.61 bits per heavy atom. The van der Waals surface area contributed by atoms with Gasteiger partial charge in [-0.1, -0.05) is 13.3 Å². The molecule has 2 aliphatic heterocycles. The number of amides is 1. The molecule has 5 nitrogen and oxygen atoms in total. The van der Waals surface area contributed by atoms with Crippen molar-refractivity contribution in [2.24, 2.45) is 5.92 Å². The van der Waals surface area contributed by atoms with Gasteiger partial charge >= 0.3 is 5.97 Å². The zero-order valence-electron chi connectivity index (χ0n) is 10.9. The van der Waals surface area contributed by atoms with Crippen LogP contribution in [0.25, 0.3) is 0 Å². The predicted octanol–water partition coefficient (Wildman–Crippen LogP) is 1.31. The second-order valence-electron chi connectivity index (χ2n) is 5.59. The molecule has 5 heteroatoms. The Labute approximate surface area is 107 Å². The Balaban J connectivity index is 1.99. The maximum Gasteiger partial charge on any atom is 0.329 e. The molecule has 4 atom stereocenters. The van der Waals surface area contributed by atoms with Crippen molar-refractivity contribution < 1.29 is 19.4 Å². The molecule has 0 aromatic rings. The Morgan fingerprint density at radius 2 is 2.17 bits per heavy atom. The first kappa shape index (κ1) is 13.3. The van der Waals surface area contributed by atoms with Crippen molar-refractivity contribution in [3.8, 4) is 0 Å². The van der Waals surface area contributed by atoms with Crippen LogP contribution in [0.4, 0.5) is 0 Å². The summed E-state index contributed by atoms with van der Waals surface area (Å²) in [7, 11) is 0. The summed E-state index contributed by atoms with van der Waals surface area (Å²) < 4.78 is 5.63. The monoisotopic (exact) mass is 255 g/mol. The van der Waals surface area contributed by atoms with Gasteiger partial charge in [0.25, 0.3) is 0 Å². The number of carbonyl (C=O) groups excluding carboxylic acids is 1. The van der Waals surface area contributed by atoms with Crippen LogP contribution in [0.5, 0.6) is 0 Å². The highest BCUT2D eigenvalue weighted by Gasteiger charge is 2.46. The summed E-state index contributed by atoms with van der Waals surface area (Å²) in [4.78, 5) is 23.5. The predicted molar refractivity (Wildman–Crippen MR) is 65.1 cm³/mol. The third-order valence-electron chi connectivity index (χ3n) is 4.06. The van der Waals surface area contributed by atoms with Crippen LogP contribution < -0.4 is 5.32 Å². The van der Waals surface area contributed by atoms with Gasteiger partial charge in [0.05, 0.1) is 18.1 Å². The van der Waals surface area contributed by atoms with Crippen LogP contribution in [0, 0.1) is 5.92 Å². The Bertz CT molecular complexity index is 357. The van der Waals surface area contributed by atoms with E-state index >= 15 is 0 Å². The highest BCUT2D eigenvalue weighted by molar-refractivity contribution is 5.88. The minimum atomic E-state index is -1.16. The zero-order valence-corrected chi connectivity index (χ0v) is 10.9. The lowest BCUT2D eigenvalue weighted by Gasteiger charge is -2.28. The number of hydrogen-bond acceptors (Lipinski definition) is 3. The first-order valence-electron chi connectivity index (χ1n) is 6.67. The van der Waals surface area contributed by atoms with E-state index in [0.29, 0.717) is 6.42 Å². The van der Waals surface area contributed by atoms with Gasteiger partial charge in [0.15, 0.2) is 0 Å². The number of carboxylic acid groups (broad SMARTS) is 1. The molecule has 1 amide bonds. The van der Waals surface area contributed by atoms with E-state index in [1.807, 2.05) is 6.92 Å². The van der Waals surface area contributed by atoms with Gasteiger partial charge in [-0.3, -0.25) is 4.79 Å². The van der Waals surface area contributed by atoms with Crippen molar-refractivity contribution >= 4 is 11.9 Å². The topological polar surface area (TPSA) is 75.6 Å². The van der Waals surface area contributed by atoms with Crippen LogP contribution in [0.15, 0.2) is 0 Å². The molecule has 2 fully saturated rings. The average molecular weight is 255 g/mol. The molecule has 2 N–H and O–H groups in total. The summed E-state index contributed by atoms with van der Waals surface area (Å²) >= 11 is 0. The number of carbonyl (C=O) groups is 2. The maximum atomic E-state index is 12.2. The first-order chi connectivity index (χ1) is 8.46. The lowest BCUT2D eigenvalue weighted by atomic mass is 9.87. The Kier molecular flexibility index (Phi) is 3.61. The first-order valence-corrected chi connectivity index (χ1v) is 6.67. The fourth-order valence-electron chi connectivity index (χ4n) is 3.00. The van der Waals surface area contributed by atoms with Crippen LogP contribution in [0.2, 0.25) is 0 Å². The third kappa shape index (κ3) is 2.36. The van der Waals surface area contributed by atoms with Crippen molar-refractivity contribution in [3.63, 3.8) is 0 Å². The number of rotatable bonds is 5. The molecule has 2 aliphatic rings. The normalized spacial score (nSPS) is 33.1. The number of nitrogens with one attached hydrogen (secondary N) is 1. The van der Waals surface area contributed by atoms with Gasteiger partial charge in [0, 0.05) is 0 Å². The smallest absolute Gasteiger partial charge is 0.329 e. The average Bonchev–Trinajstić information content (AvgIpc) is 2.90. The van der Waals surface area contributed by atoms with Gasteiger partial charge in [0.1, 0.15) is 5.54 Å². The molecule has 0 radical (unpaired) electrons. The molecule has 2 saturated heterocycles. The molecule has 102 valence electrons. The van der Waals surface area contributed by atoms with E-state index in [0.717, 1.165) is 25.7 Å². The van der Waals surface area contributed by atoms with Crippen molar-refractivity contribution in [1.29, 1.82) is 0 Å². The van der Waals surface area contributed by atoms with Gasteiger partial charge in [-0.25, -0.2) is 4.79 Å². The van der Waals surface area contributed by atoms with Crippen LogP contribution in [-0.4, -0.2) is 34.7 Å².